The molecular formula is C51H32N2. The first-order valence-electron chi connectivity index (χ1n) is 18.2. The third kappa shape index (κ3) is 4.43. The van der Waals surface area contributed by atoms with Crippen LogP contribution >= 0.6 is 0 Å². The van der Waals surface area contributed by atoms with Gasteiger partial charge in [-0.15, -0.1) is 0 Å². The zero-order valence-corrected chi connectivity index (χ0v) is 28.9. The Hall–Kier alpha value is -7.03. The number of hydrogen-bond donors (Lipinski definition) is 0. The Morgan fingerprint density at radius 3 is 1.53 bits per heavy atom. The highest BCUT2D eigenvalue weighted by Gasteiger charge is 2.32. The van der Waals surface area contributed by atoms with Gasteiger partial charge in [-0.1, -0.05) is 158 Å². The van der Waals surface area contributed by atoms with E-state index in [4.69, 9.17) is 0 Å². The van der Waals surface area contributed by atoms with E-state index in [1.165, 1.54) is 87.6 Å². The third-order valence-electron chi connectivity index (χ3n) is 11.0. The van der Waals surface area contributed by atoms with Crippen molar-refractivity contribution in [1.29, 1.82) is 0 Å². The number of pyridine rings is 1. The van der Waals surface area contributed by atoms with Crippen molar-refractivity contribution in [1.82, 2.24) is 4.98 Å². The van der Waals surface area contributed by atoms with Crippen molar-refractivity contribution in [3.05, 3.63) is 194 Å². The molecule has 11 rings (SSSR count). The van der Waals surface area contributed by atoms with Crippen LogP contribution in [0.3, 0.4) is 0 Å². The SMILES string of the molecule is c1ccc(-c2c3c(c(-c4ccccc4)c4ccccc24)-c2ccc(N(c4ccncc4)c4cc5ccccc5c5ccccc45)c4cccc-3c24)cc1. The molecule has 9 aromatic carbocycles. The molecule has 0 saturated carbocycles. The highest BCUT2D eigenvalue weighted by atomic mass is 15.1. The van der Waals surface area contributed by atoms with Crippen LogP contribution in [0.25, 0.3) is 87.6 Å². The lowest BCUT2D eigenvalue weighted by atomic mass is 9.82. The van der Waals surface area contributed by atoms with Gasteiger partial charge in [0.05, 0.1) is 11.4 Å². The summed E-state index contributed by atoms with van der Waals surface area (Å²) in [5, 5.41) is 9.95. The van der Waals surface area contributed by atoms with Crippen molar-refractivity contribution in [3.8, 4) is 44.5 Å². The Kier molecular flexibility index (Phi) is 6.59. The number of fused-ring (bicyclic) bond motifs is 7. The second kappa shape index (κ2) is 11.8. The standard InChI is InChI=1S/C51H32N2/c1-3-14-33(15-4-1)47-40-22-11-12-23-41(40)48(34-16-5-2-6-17-34)51-44-26-27-45(42-24-13-25-43(49(42)44)50(47)51)53(36-28-30-52-31-29-36)46-32-35-18-7-8-19-37(35)38-20-9-10-21-39(38)46/h1-32H. The van der Waals surface area contributed by atoms with Gasteiger partial charge >= 0.3 is 0 Å². The van der Waals surface area contributed by atoms with E-state index in [0.29, 0.717) is 0 Å². The summed E-state index contributed by atoms with van der Waals surface area (Å²) in [5.41, 5.74) is 13.5. The molecule has 1 heterocycles. The van der Waals surface area contributed by atoms with Gasteiger partial charge in [0.2, 0.25) is 0 Å². The molecule has 0 unspecified atom stereocenters. The predicted molar refractivity (Wildman–Crippen MR) is 224 cm³/mol. The Morgan fingerprint density at radius 1 is 0.340 bits per heavy atom. The number of aromatic nitrogens is 1. The third-order valence-corrected chi connectivity index (χ3v) is 11.0. The Balaban J connectivity index is 1.27. The van der Waals surface area contributed by atoms with E-state index in [0.717, 1.165) is 17.1 Å². The summed E-state index contributed by atoms with van der Waals surface area (Å²) in [4.78, 5) is 6.87. The summed E-state index contributed by atoms with van der Waals surface area (Å²) >= 11 is 0. The molecule has 2 heteroatoms. The van der Waals surface area contributed by atoms with E-state index in [-0.39, 0.29) is 0 Å². The van der Waals surface area contributed by atoms with E-state index >= 15 is 0 Å². The molecule has 0 radical (unpaired) electrons. The second-order valence-electron chi connectivity index (χ2n) is 13.8. The van der Waals surface area contributed by atoms with Gasteiger partial charge in [0.15, 0.2) is 0 Å². The van der Waals surface area contributed by atoms with Crippen molar-refractivity contribution in [3.63, 3.8) is 0 Å². The van der Waals surface area contributed by atoms with Gasteiger partial charge in [0, 0.05) is 28.9 Å². The minimum atomic E-state index is 1.07. The van der Waals surface area contributed by atoms with Crippen molar-refractivity contribution in [2.75, 3.05) is 4.90 Å². The monoisotopic (exact) mass is 672 g/mol. The lowest BCUT2D eigenvalue weighted by Gasteiger charge is -2.29. The van der Waals surface area contributed by atoms with E-state index in [1.54, 1.807) is 0 Å². The average molecular weight is 673 g/mol. The fraction of sp³-hybridized carbons (Fsp3) is 0. The van der Waals surface area contributed by atoms with Crippen molar-refractivity contribution >= 4 is 60.2 Å². The Morgan fingerprint density at radius 2 is 0.868 bits per heavy atom. The summed E-state index contributed by atoms with van der Waals surface area (Å²) in [6.07, 6.45) is 3.79. The number of hydrogen-bond acceptors (Lipinski definition) is 2. The molecule has 0 fully saturated rings. The van der Waals surface area contributed by atoms with Crippen LogP contribution in [0.15, 0.2) is 194 Å². The molecule has 1 aromatic heterocycles. The zero-order valence-electron chi connectivity index (χ0n) is 28.9. The second-order valence-corrected chi connectivity index (χ2v) is 13.8. The van der Waals surface area contributed by atoms with Crippen LogP contribution in [0.5, 0.6) is 0 Å². The molecule has 0 aliphatic heterocycles. The van der Waals surface area contributed by atoms with E-state index < -0.39 is 0 Å². The van der Waals surface area contributed by atoms with E-state index in [9.17, 15) is 0 Å². The first-order valence-corrected chi connectivity index (χ1v) is 18.2. The smallest absolute Gasteiger partial charge is 0.0546 e. The summed E-state index contributed by atoms with van der Waals surface area (Å²) in [5.74, 6) is 0. The van der Waals surface area contributed by atoms with Crippen molar-refractivity contribution in [2.24, 2.45) is 0 Å². The van der Waals surface area contributed by atoms with Crippen LogP contribution in [0, 0.1) is 0 Å². The maximum atomic E-state index is 4.43. The van der Waals surface area contributed by atoms with Gasteiger partial charge in [-0.25, -0.2) is 0 Å². The van der Waals surface area contributed by atoms with Gasteiger partial charge in [-0.05, 0) is 101 Å². The highest BCUT2D eigenvalue weighted by Crippen LogP contribution is 2.59. The summed E-state index contributed by atoms with van der Waals surface area (Å²) in [6.45, 7) is 0. The molecule has 10 aromatic rings. The number of benzene rings is 9. The molecule has 1 aliphatic carbocycles. The summed E-state index contributed by atoms with van der Waals surface area (Å²) in [7, 11) is 0. The number of anilines is 3. The zero-order chi connectivity index (χ0) is 34.9. The Bertz CT molecular complexity index is 2950. The maximum Gasteiger partial charge on any atom is 0.0546 e. The quantitative estimate of drug-likeness (QED) is 0.169. The normalized spacial score (nSPS) is 11.8. The van der Waals surface area contributed by atoms with Crippen LogP contribution in [0.1, 0.15) is 0 Å². The molecule has 0 saturated heterocycles. The molecule has 0 amide bonds. The summed E-state index contributed by atoms with van der Waals surface area (Å²) < 4.78 is 0. The van der Waals surface area contributed by atoms with Crippen LogP contribution in [0.2, 0.25) is 0 Å². The van der Waals surface area contributed by atoms with Gasteiger partial charge in [-0.3, -0.25) is 4.98 Å². The first kappa shape index (κ1) is 29.7. The van der Waals surface area contributed by atoms with Gasteiger partial charge < -0.3 is 4.90 Å². The molecule has 0 atom stereocenters. The average Bonchev–Trinajstić information content (AvgIpc) is 3.56. The fourth-order valence-electron chi connectivity index (χ4n) is 8.91. The molecule has 0 spiro atoms. The number of nitrogens with zero attached hydrogens (tertiary/aromatic N) is 2. The van der Waals surface area contributed by atoms with E-state index in [2.05, 4.69) is 192 Å². The predicted octanol–water partition coefficient (Wildman–Crippen LogP) is 14.1. The topological polar surface area (TPSA) is 16.1 Å². The van der Waals surface area contributed by atoms with Crippen LogP contribution in [-0.4, -0.2) is 4.98 Å². The molecule has 53 heavy (non-hydrogen) atoms. The van der Waals surface area contributed by atoms with Crippen LogP contribution in [-0.2, 0) is 0 Å². The Labute approximate surface area is 307 Å². The maximum absolute atomic E-state index is 4.43. The molecule has 1 aliphatic rings. The molecule has 2 nitrogen and oxygen atoms in total. The molecule has 246 valence electrons. The lowest BCUT2D eigenvalue weighted by Crippen LogP contribution is -2.11. The molecule has 0 bridgehead atoms. The van der Waals surface area contributed by atoms with Crippen molar-refractivity contribution < 1.29 is 0 Å². The van der Waals surface area contributed by atoms with Gasteiger partial charge in [-0.2, -0.15) is 0 Å². The minimum Gasteiger partial charge on any atom is -0.309 e. The molecular weight excluding hydrogens is 641 g/mol. The fourth-order valence-corrected chi connectivity index (χ4v) is 8.91. The largest absolute Gasteiger partial charge is 0.309 e. The van der Waals surface area contributed by atoms with Gasteiger partial charge in [0.1, 0.15) is 0 Å². The highest BCUT2D eigenvalue weighted by molar-refractivity contribution is 6.29. The van der Waals surface area contributed by atoms with E-state index in [1.807, 2.05) is 12.4 Å². The first-order chi connectivity index (χ1) is 26.3. The van der Waals surface area contributed by atoms with Crippen molar-refractivity contribution in [2.45, 2.75) is 0 Å². The lowest BCUT2D eigenvalue weighted by molar-refractivity contribution is 1.26. The summed E-state index contributed by atoms with van der Waals surface area (Å²) in [6, 6.07) is 66.5. The molecule has 0 N–H and O–H groups in total. The number of rotatable bonds is 5. The van der Waals surface area contributed by atoms with Gasteiger partial charge in [0.25, 0.3) is 0 Å². The minimum absolute atomic E-state index is 1.07. The van der Waals surface area contributed by atoms with Crippen LogP contribution < -0.4 is 4.90 Å². The van der Waals surface area contributed by atoms with Crippen LogP contribution in [0.4, 0.5) is 17.1 Å².